The number of carbonyl (C=O) groups excluding carboxylic acids is 1. The van der Waals surface area contributed by atoms with Crippen LogP contribution in [-0.2, 0) is 14.2 Å². The van der Waals surface area contributed by atoms with Gasteiger partial charge in [-0.25, -0.2) is 9.78 Å². The number of ether oxygens (including phenoxy) is 3. The number of carbonyl (C=O) groups is 1. The summed E-state index contributed by atoms with van der Waals surface area (Å²) in [5, 5.41) is 0.635. The number of hydrogen-bond donors (Lipinski definition) is 0. The fourth-order valence-electron chi connectivity index (χ4n) is 3.60. The van der Waals surface area contributed by atoms with Crippen LogP contribution in [0.5, 0.6) is 0 Å². The molecule has 2 aromatic carbocycles. The minimum absolute atomic E-state index is 0.172. The maximum Gasteiger partial charge on any atom is 0.338 e. The molecule has 4 atom stereocenters. The fourth-order valence-corrected chi connectivity index (χ4v) is 4.05. The van der Waals surface area contributed by atoms with Crippen molar-refractivity contribution in [3.05, 3.63) is 89.5 Å². The van der Waals surface area contributed by atoms with Gasteiger partial charge in [0.05, 0.1) is 18.0 Å². The highest BCUT2D eigenvalue weighted by Gasteiger charge is 2.31. The van der Waals surface area contributed by atoms with Crippen molar-refractivity contribution in [3.8, 4) is 0 Å². The zero-order chi connectivity index (χ0) is 22.3. The fraction of sp³-hybridized carbons (Fsp3) is 0.333. The standard InChI is InChI=1S/C24H24Cl2N2O4/c25-19-11-9-17(10-12-19)22(23(26)28-14-13-27-16-28)32-21-8-4-7-20(31-21)15-30-24(29)18-5-2-1-3-6-18/h1-3,5-6,9-14,16,20-23H,4,7-8,15H2. The highest BCUT2D eigenvalue weighted by Crippen LogP contribution is 2.36. The van der Waals surface area contributed by atoms with Gasteiger partial charge in [0.15, 0.2) is 6.29 Å². The Balaban J connectivity index is 1.40. The average Bonchev–Trinajstić information content (AvgIpc) is 3.37. The molecule has 0 spiro atoms. The summed E-state index contributed by atoms with van der Waals surface area (Å²) in [6, 6.07) is 16.3. The predicted octanol–water partition coefficient (Wildman–Crippen LogP) is 5.78. The first-order valence-electron chi connectivity index (χ1n) is 10.5. The minimum Gasteiger partial charge on any atom is -0.459 e. The third kappa shape index (κ3) is 5.90. The Hall–Kier alpha value is -2.38. The lowest BCUT2D eigenvalue weighted by Gasteiger charge is -2.34. The van der Waals surface area contributed by atoms with Gasteiger partial charge in [0, 0.05) is 17.4 Å². The molecule has 1 fully saturated rings. The van der Waals surface area contributed by atoms with E-state index in [2.05, 4.69) is 4.98 Å². The molecule has 0 N–H and O–H groups in total. The van der Waals surface area contributed by atoms with Crippen LogP contribution in [0.15, 0.2) is 73.3 Å². The van der Waals surface area contributed by atoms with Gasteiger partial charge in [0.25, 0.3) is 0 Å². The van der Waals surface area contributed by atoms with Crippen molar-refractivity contribution in [2.75, 3.05) is 6.61 Å². The molecular formula is C24H24Cl2N2O4. The van der Waals surface area contributed by atoms with E-state index >= 15 is 0 Å². The lowest BCUT2D eigenvalue weighted by Crippen LogP contribution is -2.35. The molecule has 8 heteroatoms. The Bertz CT molecular complexity index is 983. The molecule has 6 nitrogen and oxygen atoms in total. The van der Waals surface area contributed by atoms with E-state index in [4.69, 9.17) is 37.4 Å². The Kier molecular flexibility index (Phi) is 7.81. The summed E-state index contributed by atoms with van der Waals surface area (Å²) in [7, 11) is 0. The summed E-state index contributed by atoms with van der Waals surface area (Å²) in [4.78, 5) is 16.3. The van der Waals surface area contributed by atoms with Crippen molar-refractivity contribution in [1.82, 2.24) is 9.55 Å². The first kappa shape index (κ1) is 22.8. The second-order valence-electron chi connectivity index (χ2n) is 7.57. The molecule has 4 unspecified atom stereocenters. The summed E-state index contributed by atoms with van der Waals surface area (Å²) in [6.45, 7) is 0.172. The van der Waals surface area contributed by atoms with E-state index in [-0.39, 0.29) is 18.7 Å². The Morgan fingerprint density at radius 3 is 2.66 bits per heavy atom. The first-order chi connectivity index (χ1) is 15.6. The molecule has 3 aromatic rings. The van der Waals surface area contributed by atoms with Crippen molar-refractivity contribution in [3.63, 3.8) is 0 Å². The van der Waals surface area contributed by atoms with Crippen LogP contribution in [0, 0.1) is 0 Å². The van der Waals surface area contributed by atoms with E-state index in [0.717, 1.165) is 24.8 Å². The van der Waals surface area contributed by atoms with Gasteiger partial charge in [-0.3, -0.25) is 0 Å². The maximum atomic E-state index is 12.2. The largest absolute Gasteiger partial charge is 0.459 e. The molecule has 1 aliphatic rings. The second kappa shape index (κ2) is 11.0. The van der Waals surface area contributed by atoms with Crippen LogP contribution in [0.3, 0.4) is 0 Å². The second-order valence-corrected chi connectivity index (χ2v) is 8.46. The minimum atomic E-state index is -0.529. The summed E-state index contributed by atoms with van der Waals surface area (Å²) in [5.74, 6) is -0.364. The lowest BCUT2D eigenvalue weighted by atomic mass is 10.1. The summed E-state index contributed by atoms with van der Waals surface area (Å²) in [5.41, 5.74) is 0.868. The van der Waals surface area contributed by atoms with E-state index < -0.39 is 17.9 Å². The zero-order valence-corrected chi connectivity index (χ0v) is 18.9. The molecule has 1 aliphatic heterocycles. The summed E-state index contributed by atoms with van der Waals surface area (Å²) >= 11 is 12.8. The molecule has 2 heterocycles. The van der Waals surface area contributed by atoms with Gasteiger partial charge >= 0.3 is 5.97 Å². The van der Waals surface area contributed by atoms with Gasteiger partial charge in [-0.05, 0) is 49.1 Å². The van der Waals surface area contributed by atoms with Crippen molar-refractivity contribution in [1.29, 1.82) is 0 Å². The highest BCUT2D eigenvalue weighted by molar-refractivity contribution is 6.30. The number of nitrogens with zero attached hydrogens (tertiary/aromatic N) is 2. The van der Waals surface area contributed by atoms with E-state index in [1.54, 1.807) is 59.7 Å². The highest BCUT2D eigenvalue weighted by atomic mass is 35.5. The Morgan fingerprint density at radius 2 is 1.94 bits per heavy atom. The normalized spacial score (nSPS) is 20.4. The molecule has 168 valence electrons. The Morgan fingerprint density at radius 1 is 1.16 bits per heavy atom. The van der Waals surface area contributed by atoms with Crippen molar-refractivity contribution in [2.24, 2.45) is 0 Å². The van der Waals surface area contributed by atoms with Gasteiger partial charge in [-0.1, -0.05) is 53.5 Å². The predicted molar refractivity (Wildman–Crippen MR) is 122 cm³/mol. The molecule has 0 saturated carbocycles. The number of esters is 1. The number of hydrogen-bond acceptors (Lipinski definition) is 5. The first-order valence-corrected chi connectivity index (χ1v) is 11.3. The maximum absolute atomic E-state index is 12.2. The molecule has 1 aromatic heterocycles. The van der Waals surface area contributed by atoms with Crippen molar-refractivity contribution < 1.29 is 19.0 Å². The van der Waals surface area contributed by atoms with Gasteiger partial charge < -0.3 is 18.8 Å². The van der Waals surface area contributed by atoms with Crippen LogP contribution in [0.4, 0.5) is 0 Å². The van der Waals surface area contributed by atoms with Gasteiger partial charge in [-0.15, -0.1) is 0 Å². The number of benzene rings is 2. The van der Waals surface area contributed by atoms with Crippen LogP contribution in [0.1, 0.15) is 46.8 Å². The van der Waals surface area contributed by atoms with Crippen LogP contribution in [0.25, 0.3) is 0 Å². The van der Waals surface area contributed by atoms with Crippen LogP contribution < -0.4 is 0 Å². The molecule has 0 bridgehead atoms. The molecule has 0 amide bonds. The van der Waals surface area contributed by atoms with Crippen LogP contribution in [0.2, 0.25) is 5.02 Å². The van der Waals surface area contributed by atoms with Crippen molar-refractivity contribution >= 4 is 29.2 Å². The summed E-state index contributed by atoms with van der Waals surface area (Å²) in [6.07, 6.45) is 6.31. The SMILES string of the molecule is O=C(OCC1CCCC(OC(c2ccc(Cl)cc2)C(Cl)n2ccnc2)O1)c1ccccc1. The van der Waals surface area contributed by atoms with E-state index in [9.17, 15) is 4.79 Å². The monoisotopic (exact) mass is 474 g/mol. The number of alkyl halides is 1. The van der Waals surface area contributed by atoms with Gasteiger partial charge in [0.1, 0.15) is 18.2 Å². The topological polar surface area (TPSA) is 62.6 Å². The smallest absolute Gasteiger partial charge is 0.338 e. The van der Waals surface area contributed by atoms with E-state index in [1.807, 2.05) is 18.2 Å². The van der Waals surface area contributed by atoms with Gasteiger partial charge in [-0.2, -0.15) is 0 Å². The van der Waals surface area contributed by atoms with E-state index in [1.165, 1.54) is 0 Å². The quantitative estimate of drug-likeness (QED) is 0.305. The zero-order valence-electron chi connectivity index (χ0n) is 17.3. The average molecular weight is 475 g/mol. The molecular weight excluding hydrogens is 451 g/mol. The third-order valence-electron chi connectivity index (χ3n) is 5.28. The number of aromatic nitrogens is 2. The molecule has 4 rings (SSSR count). The third-order valence-corrected chi connectivity index (χ3v) is 5.98. The molecule has 1 saturated heterocycles. The van der Waals surface area contributed by atoms with E-state index in [0.29, 0.717) is 10.6 Å². The Labute approximate surface area is 197 Å². The van der Waals surface area contributed by atoms with Crippen LogP contribution in [-0.4, -0.2) is 34.5 Å². The molecule has 32 heavy (non-hydrogen) atoms. The molecule has 0 aliphatic carbocycles. The number of halogens is 2. The summed E-state index contributed by atoms with van der Waals surface area (Å²) < 4.78 is 19.7. The van der Waals surface area contributed by atoms with Crippen LogP contribution >= 0.6 is 23.2 Å². The number of rotatable bonds is 8. The lowest BCUT2D eigenvalue weighted by molar-refractivity contribution is -0.225. The van der Waals surface area contributed by atoms with Crippen molar-refractivity contribution in [2.45, 2.75) is 43.3 Å². The van der Waals surface area contributed by atoms with Gasteiger partial charge in [0.2, 0.25) is 0 Å². The molecule has 0 radical (unpaired) electrons. The number of imidazole rings is 1.